The van der Waals surface area contributed by atoms with Crippen LogP contribution in [0.15, 0.2) is 79.3 Å². The highest BCUT2D eigenvalue weighted by molar-refractivity contribution is 7.98. The van der Waals surface area contributed by atoms with Crippen LogP contribution in [0.2, 0.25) is 0 Å². The largest absolute Gasteiger partial charge is 0.480 e. The number of carbonyl (C=O) groups excluding carboxylic acids is 2. The number of nitrogens with zero attached hydrogens (tertiary/aromatic N) is 5. The highest BCUT2D eigenvalue weighted by Crippen LogP contribution is 2.22. The van der Waals surface area contributed by atoms with Gasteiger partial charge in [-0.05, 0) is 58.4 Å². The highest BCUT2D eigenvalue weighted by atomic mass is 32.2. The summed E-state index contributed by atoms with van der Waals surface area (Å²) in [6, 6.07) is 22.5. The van der Waals surface area contributed by atoms with Gasteiger partial charge in [-0.3, -0.25) is 14.5 Å². The molecule has 10 nitrogen and oxygen atoms in total. The summed E-state index contributed by atoms with van der Waals surface area (Å²) in [6.45, 7) is 5.54. The van der Waals surface area contributed by atoms with Gasteiger partial charge in [0.15, 0.2) is 0 Å². The second-order valence-corrected chi connectivity index (χ2v) is 13.5. The van der Waals surface area contributed by atoms with Crippen LogP contribution in [0.1, 0.15) is 49.1 Å². The zero-order valence-electron chi connectivity index (χ0n) is 28.7. The maximum absolute atomic E-state index is 13.7. The molecule has 4 aromatic rings. The Balaban J connectivity index is 1.54. The van der Waals surface area contributed by atoms with E-state index in [1.54, 1.807) is 43.5 Å². The first kappa shape index (κ1) is 37.2. The monoisotopic (exact) mass is 682 g/mol. The van der Waals surface area contributed by atoms with Crippen molar-refractivity contribution in [1.29, 1.82) is 5.26 Å². The number of carboxylic acid groups (broad SMARTS) is 1. The summed E-state index contributed by atoms with van der Waals surface area (Å²) < 4.78 is 1.93. The average molecular weight is 683 g/mol. The molecule has 3 atom stereocenters. The number of carbonyl (C=O) groups is 3. The standard InChI is InChI=1S/C38H46N6O4S/c1-5-27(2)34(41-36(45)19-32-21-40-26-44(32)22-29-15-13-28(20-39)14-16-29)24-43(23-31-11-8-10-30-9-6-7-12-33(30)31)25-37(46)42(3)35(38(47)48)17-18-49-4/h6-16,21,26-27,34-35H,5,17-19,22-25H2,1-4H3,(H,41,45)(H,47,48)/t27-,34+,35-/m0/s1. The van der Waals surface area contributed by atoms with E-state index in [-0.39, 0.29) is 36.7 Å². The third kappa shape index (κ3) is 10.4. The number of aliphatic carboxylic acids is 1. The smallest absolute Gasteiger partial charge is 0.326 e. The fourth-order valence-corrected chi connectivity index (χ4v) is 6.38. The SMILES string of the molecule is CC[C@H](C)[C@@H](CN(CC(=O)N(C)[C@@H](CCSC)C(=O)O)Cc1cccc2ccccc12)NC(=O)Cc1cncn1Cc1ccc(C#N)cc1. The van der Waals surface area contributed by atoms with Crippen molar-refractivity contribution in [2.24, 2.45) is 5.92 Å². The van der Waals surface area contributed by atoms with E-state index >= 15 is 0 Å². The number of hydrogen-bond acceptors (Lipinski definition) is 7. The minimum Gasteiger partial charge on any atom is -0.480 e. The lowest BCUT2D eigenvalue weighted by atomic mass is 9.97. The molecule has 258 valence electrons. The number of imidazole rings is 1. The van der Waals surface area contributed by atoms with Gasteiger partial charge in [-0.25, -0.2) is 9.78 Å². The predicted molar refractivity (Wildman–Crippen MR) is 194 cm³/mol. The minimum atomic E-state index is -1.02. The Morgan fingerprint density at radius 1 is 1.08 bits per heavy atom. The lowest BCUT2D eigenvalue weighted by Crippen LogP contribution is -2.51. The predicted octanol–water partition coefficient (Wildman–Crippen LogP) is 5.20. The quantitative estimate of drug-likeness (QED) is 0.147. The summed E-state index contributed by atoms with van der Waals surface area (Å²) in [5.74, 6) is -0.724. The molecule has 2 amide bonds. The zero-order chi connectivity index (χ0) is 35.3. The van der Waals surface area contributed by atoms with Crippen LogP contribution < -0.4 is 5.32 Å². The maximum atomic E-state index is 13.7. The first-order valence-electron chi connectivity index (χ1n) is 16.6. The van der Waals surface area contributed by atoms with E-state index in [1.165, 1.54) is 4.90 Å². The fraction of sp³-hybridized carbons (Fsp3) is 0.395. The minimum absolute atomic E-state index is 0.00291. The second-order valence-electron chi connectivity index (χ2n) is 12.5. The Morgan fingerprint density at radius 2 is 1.82 bits per heavy atom. The molecular weight excluding hydrogens is 637 g/mol. The number of nitriles is 1. The van der Waals surface area contributed by atoms with E-state index in [2.05, 4.69) is 48.4 Å². The van der Waals surface area contributed by atoms with Crippen molar-refractivity contribution in [3.05, 3.63) is 102 Å². The number of hydrogen-bond donors (Lipinski definition) is 2. The molecular formula is C38H46N6O4S. The molecule has 4 rings (SSSR count). The molecule has 0 aliphatic heterocycles. The van der Waals surface area contributed by atoms with Crippen LogP contribution in [-0.2, 0) is 33.9 Å². The number of rotatable bonds is 18. The summed E-state index contributed by atoms with van der Waals surface area (Å²) in [6.07, 6.45) is 6.61. The zero-order valence-corrected chi connectivity index (χ0v) is 29.5. The number of likely N-dealkylation sites (N-methyl/N-ethyl adjacent to an activating group) is 1. The van der Waals surface area contributed by atoms with Crippen LogP contribution in [0, 0.1) is 17.2 Å². The van der Waals surface area contributed by atoms with Crippen LogP contribution in [0.5, 0.6) is 0 Å². The highest BCUT2D eigenvalue weighted by Gasteiger charge is 2.29. The van der Waals surface area contributed by atoms with E-state index in [9.17, 15) is 19.5 Å². The molecule has 1 heterocycles. The molecule has 0 spiro atoms. The van der Waals surface area contributed by atoms with Crippen LogP contribution in [-0.4, -0.2) is 86.5 Å². The molecule has 0 radical (unpaired) electrons. The van der Waals surface area contributed by atoms with Gasteiger partial charge in [0, 0.05) is 44.6 Å². The Hall–Kier alpha value is -4.66. The van der Waals surface area contributed by atoms with Gasteiger partial charge in [-0.15, -0.1) is 0 Å². The summed E-state index contributed by atoms with van der Waals surface area (Å²) in [4.78, 5) is 47.1. The molecule has 49 heavy (non-hydrogen) atoms. The lowest BCUT2D eigenvalue weighted by Gasteiger charge is -2.33. The van der Waals surface area contributed by atoms with E-state index < -0.39 is 12.0 Å². The number of fused-ring (bicyclic) bond motifs is 1. The Bertz CT molecular complexity index is 1750. The summed E-state index contributed by atoms with van der Waals surface area (Å²) in [5, 5.41) is 24.4. The van der Waals surface area contributed by atoms with Crippen molar-refractivity contribution in [2.45, 2.75) is 58.3 Å². The van der Waals surface area contributed by atoms with Crippen LogP contribution >= 0.6 is 11.8 Å². The van der Waals surface area contributed by atoms with Crippen molar-refractivity contribution in [2.75, 3.05) is 32.1 Å². The third-order valence-corrected chi connectivity index (χ3v) is 9.73. The van der Waals surface area contributed by atoms with Gasteiger partial charge in [-0.2, -0.15) is 17.0 Å². The Kier molecular flexibility index (Phi) is 13.8. The first-order valence-corrected chi connectivity index (χ1v) is 18.0. The van der Waals surface area contributed by atoms with Crippen molar-refractivity contribution in [1.82, 2.24) is 24.7 Å². The van der Waals surface area contributed by atoms with Gasteiger partial charge in [0.05, 0.1) is 30.9 Å². The van der Waals surface area contributed by atoms with Gasteiger partial charge >= 0.3 is 5.97 Å². The number of carboxylic acids is 1. The molecule has 2 N–H and O–H groups in total. The molecule has 3 aromatic carbocycles. The van der Waals surface area contributed by atoms with Crippen molar-refractivity contribution < 1.29 is 19.5 Å². The molecule has 0 saturated carbocycles. The van der Waals surface area contributed by atoms with Crippen molar-refractivity contribution >= 4 is 40.3 Å². The number of thioether (sulfide) groups is 1. The number of nitrogens with one attached hydrogen (secondary N) is 1. The van der Waals surface area contributed by atoms with Gasteiger partial charge in [0.1, 0.15) is 6.04 Å². The van der Waals surface area contributed by atoms with Gasteiger partial charge < -0.3 is 19.9 Å². The molecule has 0 bridgehead atoms. The fourth-order valence-electron chi connectivity index (χ4n) is 5.92. The van der Waals surface area contributed by atoms with Crippen molar-refractivity contribution in [3.8, 4) is 6.07 Å². The molecule has 0 aliphatic rings. The van der Waals surface area contributed by atoms with Crippen LogP contribution in [0.3, 0.4) is 0 Å². The first-order chi connectivity index (χ1) is 23.6. The van der Waals surface area contributed by atoms with Crippen molar-refractivity contribution in [3.63, 3.8) is 0 Å². The van der Waals surface area contributed by atoms with Crippen LogP contribution in [0.4, 0.5) is 0 Å². The summed E-state index contributed by atoms with van der Waals surface area (Å²) >= 11 is 1.55. The topological polar surface area (TPSA) is 132 Å². The lowest BCUT2D eigenvalue weighted by molar-refractivity contribution is -0.149. The van der Waals surface area contributed by atoms with E-state index in [1.807, 2.05) is 52.1 Å². The van der Waals surface area contributed by atoms with Gasteiger partial charge in [0.25, 0.3) is 0 Å². The number of benzene rings is 3. The molecule has 0 saturated heterocycles. The van der Waals surface area contributed by atoms with Gasteiger partial charge in [0.2, 0.25) is 11.8 Å². The molecule has 0 fully saturated rings. The van der Waals surface area contributed by atoms with Gasteiger partial charge in [-0.1, -0.05) is 74.9 Å². The maximum Gasteiger partial charge on any atom is 0.326 e. The van der Waals surface area contributed by atoms with E-state index in [4.69, 9.17) is 5.26 Å². The molecule has 1 aromatic heterocycles. The van der Waals surface area contributed by atoms with Crippen LogP contribution in [0.25, 0.3) is 10.8 Å². The molecule has 11 heteroatoms. The molecule has 0 aliphatic carbocycles. The number of amides is 2. The molecule has 0 unspecified atom stereocenters. The third-order valence-electron chi connectivity index (χ3n) is 9.08. The second kappa shape index (κ2) is 18.2. The Morgan fingerprint density at radius 3 is 2.51 bits per heavy atom. The van der Waals surface area contributed by atoms with E-state index in [0.717, 1.165) is 34.0 Å². The summed E-state index contributed by atoms with van der Waals surface area (Å²) in [7, 11) is 1.56. The normalized spacial score (nSPS) is 13.1. The average Bonchev–Trinajstić information content (AvgIpc) is 3.53. The van der Waals surface area contributed by atoms with E-state index in [0.29, 0.717) is 37.4 Å². The Labute approximate surface area is 293 Å². The summed E-state index contributed by atoms with van der Waals surface area (Å²) in [5.41, 5.74) is 3.39. The number of aromatic nitrogens is 2.